The van der Waals surface area contributed by atoms with Crippen molar-refractivity contribution in [2.45, 2.75) is 24.5 Å². The summed E-state index contributed by atoms with van der Waals surface area (Å²) in [7, 11) is 1.45. The summed E-state index contributed by atoms with van der Waals surface area (Å²) < 4.78 is 25.6. The molecule has 0 aromatic carbocycles. The topological polar surface area (TPSA) is 69.8 Å². The lowest BCUT2D eigenvalue weighted by Crippen LogP contribution is -2.01. The first-order valence-corrected chi connectivity index (χ1v) is 7.29. The van der Waals surface area contributed by atoms with Crippen LogP contribution in [-0.2, 0) is 22.1 Å². The van der Waals surface area contributed by atoms with Crippen LogP contribution in [0.4, 0.5) is 0 Å². The molecule has 0 unspecified atom stereocenters. The number of nitrogens with zero attached hydrogens (tertiary/aromatic N) is 4. The van der Waals surface area contributed by atoms with Gasteiger partial charge < -0.3 is 9.13 Å². The minimum absolute atomic E-state index is 0.109. The second kappa shape index (κ2) is 4.89. The Labute approximate surface area is 103 Å². The van der Waals surface area contributed by atoms with E-state index in [9.17, 15) is 8.42 Å². The van der Waals surface area contributed by atoms with E-state index in [1.165, 1.54) is 12.5 Å². The highest BCUT2D eigenvalue weighted by Gasteiger charge is 2.12. The molecule has 2 aromatic heterocycles. The van der Waals surface area contributed by atoms with Crippen LogP contribution >= 0.6 is 10.7 Å². The number of aromatic nitrogens is 4. The molecule has 0 amide bonds. The fraction of sp³-hybridized carbons (Fsp3) is 0.333. The molecule has 0 saturated heterocycles. The van der Waals surface area contributed by atoms with E-state index in [4.69, 9.17) is 10.7 Å². The summed E-state index contributed by atoms with van der Waals surface area (Å²) >= 11 is 0. The minimum Gasteiger partial charge on any atom is -0.337 e. The summed E-state index contributed by atoms with van der Waals surface area (Å²) in [6, 6.07) is 0. The summed E-state index contributed by atoms with van der Waals surface area (Å²) in [5, 5.41) is -0.109. The fourth-order valence-electron chi connectivity index (χ4n) is 1.44. The minimum atomic E-state index is -3.73. The van der Waals surface area contributed by atoms with Crippen LogP contribution in [-0.4, -0.2) is 27.5 Å². The molecule has 2 aromatic rings. The zero-order chi connectivity index (χ0) is 12.3. The van der Waals surface area contributed by atoms with Crippen molar-refractivity contribution < 1.29 is 8.42 Å². The summed E-state index contributed by atoms with van der Waals surface area (Å²) in [4.78, 5) is 7.66. The van der Waals surface area contributed by atoms with Gasteiger partial charge in [-0.05, 0) is 6.42 Å². The molecular weight excluding hydrogens is 264 g/mol. The van der Waals surface area contributed by atoms with Crippen LogP contribution < -0.4 is 0 Å². The average molecular weight is 275 g/mol. The molecule has 0 N–H and O–H groups in total. The summed E-state index contributed by atoms with van der Waals surface area (Å²) in [5.74, 6) is 0. The van der Waals surface area contributed by atoms with Crippen molar-refractivity contribution in [3.63, 3.8) is 0 Å². The van der Waals surface area contributed by atoms with Gasteiger partial charge in [0.2, 0.25) is 0 Å². The second-order valence-electron chi connectivity index (χ2n) is 3.54. The van der Waals surface area contributed by atoms with Gasteiger partial charge in [0, 0.05) is 42.4 Å². The fourth-order valence-corrected chi connectivity index (χ4v) is 2.12. The molecular formula is C9H11ClN4O2S. The average Bonchev–Trinajstić information content (AvgIpc) is 2.86. The van der Waals surface area contributed by atoms with E-state index in [0.717, 1.165) is 13.0 Å². The van der Waals surface area contributed by atoms with Crippen molar-refractivity contribution in [2.24, 2.45) is 0 Å². The summed E-state index contributed by atoms with van der Waals surface area (Å²) in [6.07, 6.45) is 9.08. The number of hydrogen-bond donors (Lipinski definition) is 0. The van der Waals surface area contributed by atoms with Crippen LogP contribution in [0.3, 0.4) is 0 Å². The molecule has 0 aliphatic rings. The maximum Gasteiger partial charge on any atom is 0.280 e. The first kappa shape index (κ1) is 12.1. The maximum absolute atomic E-state index is 11.0. The van der Waals surface area contributed by atoms with Gasteiger partial charge in [0.1, 0.15) is 0 Å². The lowest BCUT2D eigenvalue weighted by Gasteiger charge is -2.02. The molecule has 2 heterocycles. The van der Waals surface area contributed by atoms with E-state index in [0.29, 0.717) is 6.54 Å². The third kappa shape index (κ3) is 3.31. The predicted molar refractivity (Wildman–Crippen MR) is 62.1 cm³/mol. The molecule has 0 aliphatic carbocycles. The van der Waals surface area contributed by atoms with E-state index >= 15 is 0 Å². The first-order valence-electron chi connectivity index (χ1n) is 4.98. The van der Waals surface area contributed by atoms with E-state index in [-0.39, 0.29) is 5.03 Å². The molecule has 2 rings (SSSR count). The van der Waals surface area contributed by atoms with Crippen molar-refractivity contribution in [2.75, 3.05) is 0 Å². The predicted octanol–water partition coefficient (Wildman–Crippen LogP) is 1.10. The molecule has 6 nitrogen and oxygen atoms in total. The van der Waals surface area contributed by atoms with Gasteiger partial charge in [-0.25, -0.2) is 18.4 Å². The zero-order valence-corrected chi connectivity index (χ0v) is 10.5. The lowest BCUT2D eigenvalue weighted by atomic mass is 10.4. The third-order valence-electron chi connectivity index (χ3n) is 2.25. The van der Waals surface area contributed by atoms with Gasteiger partial charge in [0.15, 0.2) is 5.03 Å². The monoisotopic (exact) mass is 274 g/mol. The molecule has 0 atom stereocenters. The number of imidazole rings is 2. The molecule has 0 saturated carbocycles. The van der Waals surface area contributed by atoms with Crippen LogP contribution in [0.15, 0.2) is 36.3 Å². The quantitative estimate of drug-likeness (QED) is 0.766. The van der Waals surface area contributed by atoms with Crippen LogP contribution in [0.1, 0.15) is 6.42 Å². The summed E-state index contributed by atoms with van der Waals surface area (Å²) in [5.41, 5.74) is 0. The van der Waals surface area contributed by atoms with Gasteiger partial charge in [-0.2, -0.15) is 0 Å². The standard InChI is InChI=1S/C9H11ClN4O2S/c10-17(15,16)9-6-14(8-12-9)4-1-3-13-5-2-11-7-13/h2,5-8H,1,3-4H2. The number of hydrogen-bond acceptors (Lipinski definition) is 4. The Hall–Kier alpha value is -1.34. The van der Waals surface area contributed by atoms with Gasteiger partial charge in [-0.15, -0.1) is 0 Å². The number of aryl methyl sites for hydroxylation is 2. The van der Waals surface area contributed by atoms with E-state index in [1.54, 1.807) is 17.1 Å². The van der Waals surface area contributed by atoms with Crippen LogP contribution in [0.2, 0.25) is 0 Å². The van der Waals surface area contributed by atoms with Crippen molar-refractivity contribution in [3.8, 4) is 0 Å². The first-order chi connectivity index (χ1) is 8.05. The largest absolute Gasteiger partial charge is 0.337 e. The number of rotatable bonds is 5. The third-order valence-corrected chi connectivity index (χ3v) is 3.44. The number of halogens is 1. The van der Waals surface area contributed by atoms with Gasteiger partial charge in [0.25, 0.3) is 9.05 Å². The van der Waals surface area contributed by atoms with Crippen molar-refractivity contribution in [1.82, 2.24) is 19.1 Å². The lowest BCUT2D eigenvalue weighted by molar-refractivity contribution is 0.562. The van der Waals surface area contributed by atoms with E-state index in [1.807, 2.05) is 10.8 Å². The van der Waals surface area contributed by atoms with Crippen LogP contribution in [0, 0.1) is 0 Å². The van der Waals surface area contributed by atoms with Crippen molar-refractivity contribution >= 4 is 19.7 Å². The normalized spacial score (nSPS) is 11.8. The van der Waals surface area contributed by atoms with Crippen LogP contribution in [0.25, 0.3) is 0 Å². The van der Waals surface area contributed by atoms with Gasteiger partial charge >= 0.3 is 0 Å². The molecule has 0 radical (unpaired) electrons. The van der Waals surface area contributed by atoms with Crippen molar-refractivity contribution in [3.05, 3.63) is 31.2 Å². The zero-order valence-electron chi connectivity index (χ0n) is 8.90. The van der Waals surface area contributed by atoms with Gasteiger partial charge in [-0.3, -0.25) is 0 Å². The van der Waals surface area contributed by atoms with Gasteiger partial charge in [-0.1, -0.05) is 0 Å². The SMILES string of the molecule is O=S(=O)(Cl)c1cn(CCCn2ccnc2)cn1. The Morgan fingerprint density at radius 3 is 2.59 bits per heavy atom. The molecule has 8 heteroatoms. The Morgan fingerprint density at radius 1 is 1.24 bits per heavy atom. The second-order valence-corrected chi connectivity index (χ2v) is 6.05. The molecule has 0 fully saturated rings. The molecule has 92 valence electrons. The maximum atomic E-state index is 11.0. The highest BCUT2D eigenvalue weighted by atomic mass is 35.7. The van der Waals surface area contributed by atoms with E-state index < -0.39 is 9.05 Å². The Kier molecular flexibility index (Phi) is 3.49. The Bertz CT molecular complexity index is 576. The molecule has 0 spiro atoms. The van der Waals surface area contributed by atoms with Gasteiger partial charge in [0.05, 0.1) is 12.7 Å². The Morgan fingerprint density at radius 2 is 2.00 bits per heavy atom. The highest BCUT2D eigenvalue weighted by Crippen LogP contribution is 2.11. The van der Waals surface area contributed by atoms with Crippen LogP contribution in [0.5, 0.6) is 0 Å². The molecule has 0 bridgehead atoms. The smallest absolute Gasteiger partial charge is 0.280 e. The summed E-state index contributed by atoms with van der Waals surface area (Å²) in [6.45, 7) is 1.50. The van der Waals surface area contributed by atoms with Crippen molar-refractivity contribution in [1.29, 1.82) is 0 Å². The Balaban J connectivity index is 1.90. The molecule has 0 aliphatic heterocycles. The van der Waals surface area contributed by atoms with E-state index in [2.05, 4.69) is 9.97 Å². The molecule has 17 heavy (non-hydrogen) atoms. The highest BCUT2D eigenvalue weighted by molar-refractivity contribution is 8.13.